The minimum absolute atomic E-state index is 0.113. The summed E-state index contributed by atoms with van der Waals surface area (Å²) in [6.07, 6.45) is 1.77. The highest BCUT2D eigenvalue weighted by atomic mass is 19.1. The van der Waals surface area contributed by atoms with Crippen molar-refractivity contribution in [3.8, 4) is 0 Å². The van der Waals surface area contributed by atoms with E-state index in [1.54, 1.807) is 33.7 Å². The largest absolute Gasteiger partial charge is 0.365 e. The standard InChI is InChI=1S/C25H25FN4O2/c1-17-5-3-6-20(13-17)28-12-11-27(15-18(28)2)24(31)16-30-23-14-19(26)8-9-21(23)29-10-4-7-22(29)25(30)32/h3-10,13-14,18H,11-12,15-16H2,1-2H3/t18-/m1/s1. The van der Waals surface area contributed by atoms with Crippen LogP contribution in [-0.4, -0.2) is 45.5 Å². The summed E-state index contributed by atoms with van der Waals surface area (Å²) in [4.78, 5) is 30.4. The van der Waals surface area contributed by atoms with E-state index in [1.165, 1.54) is 22.3 Å². The van der Waals surface area contributed by atoms with E-state index in [9.17, 15) is 14.0 Å². The Morgan fingerprint density at radius 2 is 1.88 bits per heavy atom. The second kappa shape index (κ2) is 7.82. The molecule has 0 unspecified atom stereocenters. The molecular formula is C25H25FN4O2. The van der Waals surface area contributed by atoms with Crippen molar-refractivity contribution in [2.24, 2.45) is 0 Å². The number of amides is 1. The molecule has 164 valence electrons. The van der Waals surface area contributed by atoms with Gasteiger partial charge in [0.2, 0.25) is 5.91 Å². The van der Waals surface area contributed by atoms with Crippen LogP contribution < -0.4 is 10.5 Å². The van der Waals surface area contributed by atoms with E-state index in [2.05, 4.69) is 36.9 Å². The van der Waals surface area contributed by atoms with Crippen LogP contribution in [0.5, 0.6) is 0 Å². The lowest BCUT2D eigenvalue weighted by Gasteiger charge is -2.41. The summed E-state index contributed by atoms with van der Waals surface area (Å²) in [6, 6.07) is 16.3. The molecule has 5 rings (SSSR count). The lowest BCUT2D eigenvalue weighted by Crippen LogP contribution is -2.54. The molecule has 4 aromatic rings. The fourth-order valence-electron chi connectivity index (χ4n) is 4.70. The topological polar surface area (TPSA) is 50.0 Å². The lowest BCUT2D eigenvalue weighted by atomic mass is 10.1. The zero-order valence-corrected chi connectivity index (χ0v) is 18.2. The predicted molar refractivity (Wildman–Crippen MR) is 124 cm³/mol. The highest BCUT2D eigenvalue weighted by Crippen LogP contribution is 2.22. The van der Waals surface area contributed by atoms with E-state index in [1.807, 2.05) is 6.07 Å². The van der Waals surface area contributed by atoms with E-state index < -0.39 is 5.82 Å². The molecule has 1 amide bonds. The molecule has 1 atom stereocenters. The first-order chi connectivity index (χ1) is 15.4. The average Bonchev–Trinajstić information content (AvgIpc) is 3.26. The summed E-state index contributed by atoms with van der Waals surface area (Å²) in [5.41, 5.74) is 3.63. The second-order valence-electron chi connectivity index (χ2n) is 8.51. The van der Waals surface area contributed by atoms with Crippen LogP contribution in [0.1, 0.15) is 12.5 Å². The lowest BCUT2D eigenvalue weighted by molar-refractivity contribution is -0.132. The number of carbonyl (C=O) groups excluding carboxylic acids is 1. The summed E-state index contributed by atoms with van der Waals surface area (Å²) in [5.74, 6) is -0.575. The number of piperazine rings is 1. The number of nitrogens with zero attached hydrogens (tertiary/aromatic N) is 4. The van der Waals surface area contributed by atoms with Crippen LogP contribution in [0, 0.1) is 12.7 Å². The number of hydrogen-bond donors (Lipinski definition) is 0. The van der Waals surface area contributed by atoms with E-state index in [4.69, 9.17) is 0 Å². The fraction of sp³-hybridized carbons (Fsp3) is 0.280. The molecule has 0 bridgehead atoms. The summed E-state index contributed by atoms with van der Waals surface area (Å²) >= 11 is 0. The smallest absolute Gasteiger partial charge is 0.275 e. The average molecular weight is 432 g/mol. The van der Waals surface area contributed by atoms with Crippen molar-refractivity contribution in [2.75, 3.05) is 24.5 Å². The van der Waals surface area contributed by atoms with Gasteiger partial charge in [-0.05, 0) is 61.9 Å². The van der Waals surface area contributed by atoms with E-state index in [-0.39, 0.29) is 24.1 Å². The molecular weight excluding hydrogens is 407 g/mol. The Bertz CT molecular complexity index is 1390. The first kappa shape index (κ1) is 20.3. The summed E-state index contributed by atoms with van der Waals surface area (Å²) in [6.45, 7) is 5.93. The molecule has 6 nitrogen and oxygen atoms in total. The maximum absolute atomic E-state index is 14.0. The number of rotatable bonds is 3. The maximum Gasteiger partial charge on any atom is 0.275 e. The van der Waals surface area contributed by atoms with Crippen LogP contribution in [0.25, 0.3) is 16.6 Å². The highest BCUT2D eigenvalue weighted by molar-refractivity contribution is 5.83. The van der Waals surface area contributed by atoms with Crippen molar-refractivity contribution in [2.45, 2.75) is 26.4 Å². The molecule has 0 N–H and O–H groups in total. The van der Waals surface area contributed by atoms with Crippen molar-refractivity contribution >= 4 is 28.1 Å². The quantitative estimate of drug-likeness (QED) is 0.498. The van der Waals surface area contributed by atoms with Crippen LogP contribution in [0.4, 0.5) is 10.1 Å². The van der Waals surface area contributed by atoms with Gasteiger partial charge in [0.25, 0.3) is 5.56 Å². The number of aromatic nitrogens is 2. The minimum Gasteiger partial charge on any atom is -0.365 e. The van der Waals surface area contributed by atoms with Crippen LogP contribution in [0.3, 0.4) is 0 Å². The van der Waals surface area contributed by atoms with Crippen molar-refractivity contribution in [1.82, 2.24) is 13.9 Å². The zero-order chi connectivity index (χ0) is 22.4. The first-order valence-electron chi connectivity index (χ1n) is 10.8. The molecule has 2 aromatic carbocycles. The Hall–Kier alpha value is -3.61. The fourth-order valence-corrected chi connectivity index (χ4v) is 4.70. The van der Waals surface area contributed by atoms with Gasteiger partial charge in [0.15, 0.2) is 0 Å². The Morgan fingerprint density at radius 1 is 1.03 bits per heavy atom. The summed E-state index contributed by atoms with van der Waals surface area (Å²) in [7, 11) is 0. The molecule has 2 aromatic heterocycles. The zero-order valence-electron chi connectivity index (χ0n) is 18.2. The molecule has 7 heteroatoms. The summed E-state index contributed by atoms with van der Waals surface area (Å²) < 4.78 is 17.2. The molecule has 32 heavy (non-hydrogen) atoms. The highest BCUT2D eigenvalue weighted by Gasteiger charge is 2.27. The van der Waals surface area contributed by atoms with Crippen LogP contribution in [0.2, 0.25) is 0 Å². The van der Waals surface area contributed by atoms with Crippen LogP contribution in [0.15, 0.2) is 65.6 Å². The van der Waals surface area contributed by atoms with Gasteiger partial charge in [-0.2, -0.15) is 0 Å². The maximum atomic E-state index is 14.0. The Kier molecular flexibility index (Phi) is 4.96. The van der Waals surface area contributed by atoms with Crippen molar-refractivity contribution < 1.29 is 9.18 Å². The molecule has 0 spiro atoms. The number of fused-ring (bicyclic) bond motifs is 3. The number of benzene rings is 2. The molecule has 3 heterocycles. The van der Waals surface area contributed by atoms with Gasteiger partial charge in [-0.25, -0.2) is 4.39 Å². The van der Waals surface area contributed by atoms with E-state index in [0.29, 0.717) is 29.6 Å². The van der Waals surface area contributed by atoms with Gasteiger partial charge < -0.3 is 14.2 Å². The third-order valence-corrected chi connectivity index (χ3v) is 6.31. The third-order valence-electron chi connectivity index (χ3n) is 6.31. The molecule has 1 aliphatic heterocycles. The van der Waals surface area contributed by atoms with Gasteiger partial charge in [-0.15, -0.1) is 0 Å². The Labute approximate surface area is 185 Å². The molecule has 1 aliphatic rings. The van der Waals surface area contributed by atoms with Gasteiger partial charge in [0.05, 0.1) is 11.0 Å². The summed E-state index contributed by atoms with van der Waals surface area (Å²) in [5, 5.41) is 0. The van der Waals surface area contributed by atoms with Gasteiger partial charge in [0.1, 0.15) is 17.9 Å². The van der Waals surface area contributed by atoms with Crippen molar-refractivity contribution in [3.63, 3.8) is 0 Å². The molecule has 0 aliphatic carbocycles. The van der Waals surface area contributed by atoms with Gasteiger partial charge in [0, 0.05) is 37.6 Å². The number of halogens is 1. The molecule has 1 saturated heterocycles. The Balaban J connectivity index is 1.42. The van der Waals surface area contributed by atoms with E-state index in [0.717, 1.165) is 12.2 Å². The van der Waals surface area contributed by atoms with Crippen molar-refractivity contribution in [1.29, 1.82) is 0 Å². The van der Waals surface area contributed by atoms with E-state index >= 15 is 0 Å². The molecule has 0 saturated carbocycles. The van der Waals surface area contributed by atoms with Gasteiger partial charge >= 0.3 is 0 Å². The number of anilines is 1. The normalized spacial score (nSPS) is 16.8. The monoisotopic (exact) mass is 432 g/mol. The van der Waals surface area contributed by atoms with Crippen molar-refractivity contribution in [3.05, 3.63) is 82.5 Å². The second-order valence-corrected chi connectivity index (χ2v) is 8.51. The Morgan fingerprint density at radius 3 is 2.66 bits per heavy atom. The molecule has 1 fully saturated rings. The van der Waals surface area contributed by atoms with Gasteiger partial charge in [-0.3, -0.25) is 14.2 Å². The minimum atomic E-state index is -0.440. The number of hydrogen-bond acceptors (Lipinski definition) is 3. The predicted octanol–water partition coefficient (Wildman–Crippen LogP) is 3.44. The SMILES string of the molecule is Cc1cccc(N2CCN(C(=O)Cn3c(=O)c4cccn4c4ccc(F)cc43)C[C@H]2C)c1. The molecule has 0 radical (unpaired) electrons. The van der Waals surface area contributed by atoms with Crippen LogP contribution in [-0.2, 0) is 11.3 Å². The first-order valence-corrected chi connectivity index (χ1v) is 10.8. The third kappa shape index (κ3) is 3.43. The van der Waals surface area contributed by atoms with Gasteiger partial charge in [-0.1, -0.05) is 12.1 Å². The number of aryl methyl sites for hydroxylation is 1. The van der Waals surface area contributed by atoms with Crippen LogP contribution >= 0.6 is 0 Å². The number of carbonyl (C=O) groups is 1.